The first-order valence-electron chi connectivity index (χ1n) is 6.00. The van der Waals surface area contributed by atoms with Crippen LogP contribution in [0.3, 0.4) is 0 Å². The predicted octanol–water partition coefficient (Wildman–Crippen LogP) is 1.23. The molecule has 0 aliphatic heterocycles. The molecule has 1 aromatic rings. The normalized spacial score (nSPS) is 23.1. The second-order valence-corrected chi connectivity index (χ2v) is 7.33. The minimum Gasteiger partial charge on any atom is -0.328 e. The first-order chi connectivity index (χ1) is 8.28. The number of pyridine rings is 1. The Morgan fingerprint density at radius 1 is 1.39 bits per heavy atom. The summed E-state index contributed by atoms with van der Waals surface area (Å²) in [6.07, 6.45) is 3.95. The van der Waals surface area contributed by atoms with E-state index in [1.807, 2.05) is 0 Å². The van der Waals surface area contributed by atoms with Crippen LogP contribution in [0.25, 0.3) is 0 Å². The van der Waals surface area contributed by atoms with Crippen LogP contribution in [0.2, 0.25) is 0 Å². The Bertz CT molecular complexity index is 569. The van der Waals surface area contributed by atoms with Gasteiger partial charge in [-0.1, -0.05) is 13.8 Å². The molecule has 0 aromatic carbocycles. The van der Waals surface area contributed by atoms with Crippen LogP contribution in [-0.4, -0.2) is 19.4 Å². The number of sulfonamides is 1. The van der Waals surface area contributed by atoms with Gasteiger partial charge in [0, 0.05) is 18.3 Å². The molecule has 1 fully saturated rings. The third-order valence-corrected chi connectivity index (χ3v) is 4.87. The van der Waals surface area contributed by atoms with Crippen LogP contribution >= 0.6 is 0 Å². The van der Waals surface area contributed by atoms with E-state index < -0.39 is 10.0 Å². The largest absolute Gasteiger partial charge is 0.328 e. The lowest BCUT2D eigenvalue weighted by molar-refractivity contribution is 0.372. The van der Waals surface area contributed by atoms with Crippen LogP contribution in [0.5, 0.6) is 0 Å². The van der Waals surface area contributed by atoms with Gasteiger partial charge in [0.15, 0.2) is 0 Å². The molecule has 0 radical (unpaired) electrons. The number of H-pyrrole nitrogens is 1. The highest BCUT2D eigenvalue weighted by molar-refractivity contribution is 7.89. The topological polar surface area (TPSA) is 79.0 Å². The monoisotopic (exact) mass is 270 g/mol. The molecule has 0 bridgehead atoms. The van der Waals surface area contributed by atoms with Gasteiger partial charge in [-0.05, 0) is 30.7 Å². The molecule has 1 aliphatic rings. The van der Waals surface area contributed by atoms with Gasteiger partial charge in [-0.25, -0.2) is 13.1 Å². The molecule has 6 heteroatoms. The van der Waals surface area contributed by atoms with Gasteiger partial charge in [0.2, 0.25) is 15.6 Å². The number of hydrogen-bond acceptors (Lipinski definition) is 3. The predicted molar refractivity (Wildman–Crippen MR) is 68.8 cm³/mol. The van der Waals surface area contributed by atoms with Gasteiger partial charge in [0.05, 0.1) is 4.90 Å². The van der Waals surface area contributed by atoms with Crippen molar-refractivity contribution in [3.8, 4) is 0 Å². The summed E-state index contributed by atoms with van der Waals surface area (Å²) in [5.74, 6) is 0. The van der Waals surface area contributed by atoms with E-state index in [2.05, 4.69) is 23.6 Å². The van der Waals surface area contributed by atoms with Gasteiger partial charge in [-0.15, -0.1) is 0 Å². The van der Waals surface area contributed by atoms with E-state index in [9.17, 15) is 13.2 Å². The van der Waals surface area contributed by atoms with Crippen molar-refractivity contribution in [2.75, 3.05) is 0 Å². The van der Waals surface area contributed by atoms with E-state index in [1.54, 1.807) is 0 Å². The summed E-state index contributed by atoms with van der Waals surface area (Å²) in [5.41, 5.74) is -0.117. The fourth-order valence-corrected chi connectivity index (χ4v) is 3.62. The zero-order valence-corrected chi connectivity index (χ0v) is 11.4. The molecule has 100 valence electrons. The molecular formula is C12H18N2O3S. The van der Waals surface area contributed by atoms with Crippen LogP contribution in [0, 0.1) is 5.41 Å². The molecule has 5 nitrogen and oxygen atoms in total. The fourth-order valence-electron chi connectivity index (χ4n) is 2.39. The molecule has 1 unspecified atom stereocenters. The minimum absolute atomic E-state index is 0.0167. The van der Waals surface area contributed by atoms with Crippen molar-refractivity contribution in [1.29, 1.82) is 0 Å². The van der Waals surface area contributed by atoms with Crippen molar-refractivity contribution in [2.24, 2.45) is 5.41 Å². The van der Waals surface area contributed by atoms with E-state index in [4.69, 9.17) is 0 Å². The van der Waals surface area contributed by atoms with Crippen molar-refractivity contribution in [2.45, 2.75) is 44.0 Å². The number of rotatable bonds is 3. The average molecular weight is 270 g/mol. The van der Waals surface area contributed by atoms with Crippen LogP contribution < -0.4 is 10.3 Å². The zero-order chi connectivity index (χ0) is 13.4. The first kappa shape index (κ1) is 13.3. The molecule has 2 N–H and O–H groups in total. The molecule has 1 aromatic heterocycles. The van der Waals surface area contributed by atoms with Crippen molar-refractivity contribution >= 4 is 10.0 Å². The average Bonchev–Trinajstić information content (AvgIpc) is 2.57. The third kappa shape index (κ3) is 3.00. The van der Waals surface area contributed by atoms with Gasteiger partial charge in [0.1, 0.15) is 0 Å². The summed E-state index contributed by atoms with van der Waals surface area (Å²) in [5, 5.41) is 0. The lowest BCUT2D eigenvalue weighted by Gasteiger charge is -2.17. The SMILES string of the molecule is CC1(C)CCC(NS(=O)(=O)c2ccc(=O)[nH]c2)C1. The van der Waals surface area contributed by atoms with Crippen molar-refractivity contribution in [3.63, 3.8) is 0 Å². The summed E-state index contributed by atoms with van der Waals surface area (Å²) < 4.78 is 26.9. The Kier molecular flexibility index (Phi) is 3.33. The van der Waals surface area contributed by atoms with Gasteiger partial charge in [-0.2, -0.15) is 0 Å². The summed E-state index contributed by atoms with van der Waals surface area (Å²) in [4.78, 5) is 13.4. The number of aromatic amines is 1. The molecule has 1 atom stereocenters. The lowest BCUT2D eigenvalue weighted by Crippen LogP contribution is -2.33. The number of hydrogen-bond donors (Lipinski definition) is 2. The summed E-state index contributed by atoms with van der Waals surface area (Å²) in [7, 11) is -3.53. The maximum atomic E-state index is 12.1. The van der Waals surface area contributed by atoms with Gasteiger partial charge >= 0.3 is 0 Å². The van der Waals surface area contributed by atoms with E-state index in [0.717, 1.165) is 19.3 Å². The van der Waals surface area contributed by atoms with E-state index in [1.165, 1.54) is 18.3 Å². The molecule has 1 aliphatic carbocycles. The maximum absolute atomic E-state index is 12.1. The van der Waals surface area contributed by atoms with Crippen molar-refractivity contribution in [3.05, 3.63) is 28.7 Å². The third-order valence-electron chi connectivity index (χ3n) is 3.36. The lowest BCUT2D eigenvalue weighted by atomic mass is 9.92. The molecule has 2 rings (SSSR count). The molecule has 1 heterocycles. The minimum atomic E-state index is -3.53. The van der Waals surface area contributed by atoms with E-state index in [-0.39, 0.29) is 21.9 Å². The highest BCUT2D eigenvalue weighted by Gasteiger charge is 2.33. The fraction of sp³-hybridized carbons (Fsp3) is 0.583. The van der Waals surface area contributed by atoms with Crippen LogP contribution in [0.15, 0.2) is 28.0 Å². The Morgan fingerprint density at radius 3 is 2.61 bits per heavy atom. The second kappa shape index (κ2) is 4.51. The van der Waals surface area contributed by atoms with Crippen molar-refractivity contribution in [1.82, 2.24) is 9.71 Å². The highest BCUT2D eigenvalue weighted by Crippen LogP contribution is 2.37. The standard InChI is InChI=1S/C12H18N2O3S/c1-12(2)6-5-9(7-12)14-18(16,17)10-3-4-11(15)13-8-10/h3-4,8-9,14H,5-7H2,1-2H3,(H,13,15). The number of aromatic nitrogens is 1. The maximum Gasteiger partial charge on any atom is 0.247 e. The molecule has 0 saturated heterocycles. The van der Waals surface area contributed by atoms with Gasteiger partial charge in [-0.3, -0.25) is 4.79 Å². The Labute approximate surface area is 107 Å². The van der Waals surface area contributed by atoms with Crippen LogP contribution in [0.4, 0.5) is 0 Å². The van der Waals surface area contributed by atoms with E-state index >= 15 is 0 Å². The smallest absolute Gasteiger partial charge is 0.247 e. The Hall–Kier alpha value is -1.14. The Morgan fingerprint density at radius 2 is 2.11 bits per heavy atom. The summed E-state index contributed by atoms with van der Waals surface area (Å²) in [6, 6.07) is 2.52. The Balaban J connectivity index is 2.13. The summed E-state index contributed by atoms with van der Waals surface area (Å²) in [6.45, 7) is 4.28. The quantitative estimate of drug-likeness (QED) is 0.867. The number of nitrogens with one attached hydrogen (secondary N) is 2. The first-order valence-corrected chi connectivity index (χ1v) is 7.48. The molecule has 0 spiro atoms. The zero-order valence-electron chi connectivity index (χ0n) is 10.6. The van der Waals surface area contributed by atoms with Crippen LogP contribution in [0.1, 0.15) is 33.1 Å². The molecule has 18 heavy (non-hydrogen) atoms. The molecule has 0 amide bonds. The van der Waals surface area contributed by atoms with E-state index in [0.29, 0.717) is 0 Å². The van der Waals surface area contributed by atoms with Gasteiger partial charge < -0.3 is 4.98 Å². The van der Waals surface area contributed by atoms with Gasteiger partial charge in [0.25, 0.3) is 0 Å². The molecular weight excluding hydrogens is 252 g/mol. The van der Waals surface area contributed by atoms with Crippen molar-refractivity contribution < 1.29 is 8.42 Å². The highest BCUT2D eigenvalue weighted by atomic mass is 32.2. The molecule has 1 saturated carbocycles. The summed E-state index contributed by atoms with van der Waals surface area (Å²) >= 11 is 0. The van der Waals surface area contributed by atoms with Crippen LogP contribution in [-0.2, 0) is 10.0 Å². The second-order valence-electron chi connectivity index (χ2n) is 5.61.